The van der Waals surface area contributed by atoms with Gasteiger partial charge in [-0.25, -0.2) is 9.37 Å². The minimum absolute atomic E-state index is 0.0624. The van der Waals surface area contributed by atoms with Crippen LogP contribution in [0.3, 0.4) is 0 Å². The summed E-state index contributed by atoms with van der Waals surface area (Å²) in [4.78, 5) is 6.25. The Morgan fingerprint density at radius 2 is 2.24 bits per heavy atom. The van der Waals surface area contributed by atoms with E-state index in [4.69, 9.17) is 4.74 Å². The lowest BCUT2D eigenvalue weighted by atomic mass is 10.1. The van der Waals surface area contributed by atoms with Gasteiger partial charge in [0.25, 0.3) is 0 Å². The van der Waals surface area contributed by atoms with Crippen LogP contribution in [0.25, 0.3) is 0 Å². The average Bonchev–Trinajstić information content (AvgIpc) is 2.34. The first kappa shape index (κ1) is 16.2. The number of halogens is 1. The quantitative estimate of drug-likeness (QED) is 0.927. The fourth-order valence-electron chi connectivity index (χ4n) is 2.76. The summed E-state index contributed by atoms with van der Waals surface area (Å²) in [6.45, 7) is 12.0. The number of ether oxygens (including phenoxy) is 1. The van der Waals surface area contributed by atoms with Crippen LogP contribution in [0.4, 0.5) is 10.2 Å². The second-order valence-corrected chi connectivity index (χ2v) is 6.71. The number of hydrogen-bond donors (Lipinski definition) is 1. The largest absolute Gasteiger partial charge is 0.369 e. The Morgan fingerprint density at radius 1 is 1.52 bits per heavy atom. The number of aromatic nitrogens is 1. The zero-order valence-corrected chi connectivity index (χ0v) is 13.6. The normalized spacial score (nSPS) is 21.9. The molecule has 1 unspecified atom stereocenters. The van der Waals surface area contributed by atoms with Crippen LogP contribution in [0.5, 0.6) is 0 Å². The van der Waals surface area contributed by atoms with Crippen molar-refractivity contribution in [2.75, 3.05) is 18.0 Å². The summed E-state index contributed by atoms with van der Waals surface area (Å²) < 4.78 is 20.6. The van der Waals surface area contributed by atoms with Gasteiger partial charge < -0.3 is 15.0 Å². The predicted octanol–water partition coefficient (Wildman–Crippen LogP) is 2.72. The highest BCUT2D eigenvalue weighted by molar-refractivity contribution is 5.44. The summed E-state index contributed by atoms with van der Waals surface area (Å²) in [7, 11) is 0. The molecule has 1 aromatic rings. The fraction of sp³-hybridized carbons (Fsp3) is 0.688. The molecule has 0 amide bonds. The van der Waals surface area contributed by atoms with E-state index in [9.17, 15) is 4.39 Å². The maximum atomic E-state index is 14.7. The van der Waals surface area contributed by atoms with Crippen LogP contribution < -0.4 is 10.2 Å². The molecular formula is C16H26FN3O. The molecule has 1 atom stereocenters. The van der Waals surface area contributed by atoms with Crippen molar-refractivity contribution in [1.29, 1.82) is 0 Å². The van der Waals surface area contributed by atoms with Crippen molar-refractivity contribution >= 4 is 5.82 Å². The van der Waals surface area contributed by atoms with Gasteiger partial charge in [-0.2, -0.15) is 0 Å². The Kier molecular flexibility index (Phi) is 4.84. The van der Waals surface area contributed by atoms with Crippen molar-refractivity contribution in [2.24, 2.45) is 0 Å². The lowest BCUT2D eigenvalue weighted by Gasteiger charge is -2.42. The van der Waals surface area contributed by atoms with E-state index in [1.54, 1.807) is 12.3 Å². The molecule has 1 aliphatic rings. The van der Waals surface area contributed by atoms with E-state index in [1.807, 2.05) is 39.5 Å². The molecule has 0 radical (unpaired) electrons. The maximum absolute atomic E-state index is 14.7. The molecule has 0 saturated carbocycles. The Labute approximate surface area is 126 Å². The molecule has 2 rings (SSSR count). The maximum Gasteiger partial charge on any atom is 0.170 e. The van der Waals surface area contributed by atoms with Gasteiger partial charge in [0.1, 0.15) is 0 Å². The Bertz CT molecular complexity index is 490. The topological polar surface area (TPSA) is 37.4 Å². The van der Waals surface area contributed by atoms with E-state index in [1.165, 1.54) is 0 Å². The lowest BCUT2D eigenvalue weighted by Crippen LogP contribution is -2.52. The molecule has 0 aliphatic carbocycles. The van der Waals surface area contributed by atoms with E-state index in [2.05, 4.69) is 10.3 Å². The number of pyridine rings is 1. The molecular weight excluding hydrogens is 269 g/mol. The standard InChI is InChI=1S/C16H26FN3O/c1-11(2)19-8-13-6-7-18-15(14(13)17)20-9-12(3)21-16(4,5)10-20/h6-7,11-12,19H,8-10H2,1-5H3. The van der Waals surface area contributed by atoms with Gasteiger partial charge in [-0.3, -0.25) is 0 Å². The van der Waals surface area contributed by atoms with Crippen molar-refractivity contribution in [2.45, 2.75) is 58.9 Å². The van der Waals surface area contributed by atoms with Crippen LogP contribution >= 0.6 is 0 Å². The molecule has 5 heteroatoms. The van der Waals surface area contributed by atoms with E-state index >= 15 is 0 Å². The van der Waals surface area contributed by atoms with Gasteiger partial charge in [-0.15, -0.1) is 0 Å². The molecule has 2 heterocycles. The third-order valence-corrected chi connectivity index (χ3v) is 3.52. The van der Waals surface area contributed by atoms with E-state index in [-0.39, 0.29) is 17.5 Å². The van der Waals surface area contributed by atoms with Gasteiger partial charge in [-0.1, -0.05) is 13.8 Å². The number of nitrogens with zero attached hydrogens (tertiary/aromatic N) is 2. The second-order valence-electron chi connectivity index (χ2n) is 6.71. The van der Waals surface area contributed by atoms with Gasteiger partial charge in [0.15, 0.2) is 11.6 Å². The molecule has 0 bridgehead atoms. The monoisotopic (exact) mass is 295 g/mol. The van der Waals surface area contributed by atoms with Crippen LogP contribution in [-0.4, -0.2) is 35.8 Å². The predicted molar refractivity (Wildman–Crippen MR) is 83.0 cm³/mol. The molecule has 1 saturated heterocycles. The number of hydrogen-bond acceptors (Lipinski definition) is 4. The zero-order chi connectivity index (χ0) is 15.6. The highest BCUT2D eigenvalue weighted by atomic mass is 19.1. The molecule has 0 spiro atoms. The van der Waals surface area contributed by atoms with Crippen molar-refractivity contribution in [3.63, 3.8) is 0 Å². The first-order chi connectivity index (χ1) is 9.78. The Morgan fingerprint density at radius 3 is 2.86 bits per heavy atom. The Hall–Kier alpha value is -1.20. The van der Waals surface area contributed by atoms with Gasteiger partial charge in [0.05, 0.1) is 11.7 Å². The molecule has 1 N–H and O–H groups in total. The highest BCUT2D eigenvalue weighted by Crippen LogP contribution is 2.27. The van der Waals surface area contributed by atoms with E-state index in [0.717, 1.165) is 0 Å². The zero-order valence-electron chi connectivity index (χ0n) is 13.6. The van der Waals surface area contributed by atoms with Gasteiger partial charge in [0, 0.05) is 37.4 Å². The van der Waals surface area contributed by atoms with Crippen molar-refractivity contribution in [3.8, 4) is 0 Å². The van der Waals surface area contributed by atoms with Gasteiger partial charge in [-0.05, 0) is 26.8 Å². The molecule has 118 valence electrons. The van der Waals surface area contributed by atoms with Gasteiger partial charge >= 0.3 is 0 Å². The van der Waals surface area contributed by atoms with E-state index in [0.29, 0.717) is 37.1 Å². The summed E-state index contributed by atoms with van der Waals surface area (Å²) in [6.07, 6.45) is 1.75. The third-order valence-electron chi connectivity index (χ3n) is 3.52. The number of nitrogens with one attached hydrogen (secondary N) is 1. The van der Waals surface area contributed by atoms with Gasteiger partial charge in [0.2, 0.25) is 0 Å². The lowest BCUT2D eigenvalue weighted by molar-refractivity contribution is -0.0753. The minimum Gasteiger partial charge on any atom is -0.369 e. The minimum atomic E-state index is -0.294. The summed E-state index contributed by atoms with van der Waals surface area (Å²) in [5.41, 5.74) is 0.364. The van der Waals surface area contributed by atoms with Crippen molar-refractivity contribution in [1.82, 2.24) is 10.3 Å². The molecule has 1 aliphatic heterocycles. The first-order valence-corrected chi connectivity index (χ1v) is 7.58. The van der Waals surface area contributed by atoms with Crippen LogP contribution in [0.2, 0.25) is 0 Å². The highest BCUT2D eigenvalue weighted by Gasteiger charge is 2.33. The van der Waals surface area contributed by atoms with Crippen molar-refractivity contribution < 1.29 is 9.13 Å². The first-order valence-electron chi connectivity index (χ1n) is 7.58. The van der Waals surface area contributed by atoms with Crippen LogP contribution in [0.1, 0.15) is 40.2 Å². The molecule has 1 fully saturated rings. The molecule has 21 heavy (non-hydrogen) atoms. The van der Waals surface area contributed by atoms with Crippen molar-refractivity contribution in [3.05, 3.63) is 23.6 Å². The average molecular weight is 295 g/mol. The molecule has 0 aromatic carbocycles. The molecule has 4 nitrogen and oxygen atoms in total. The second kappa shape index (κ2) is 6.28. The smallest absolute Gasteiger partial charge is 0.170 e. The summed E-state index contributed by atoms with van der Waals surface area (Å²) >= 11 is 0. The van der Waals surface area contributed by atoms with E-state index < -0.39 is 0 Å². The Balaban J connectivity index is 2.21. The summed E-state index contributed by atoms with van der Waals surface area (Å²) in [5, 5.41) is 3.25. The number of morpholine rings is 1. The number of anilines is 1. The summed E-state index contributed by atoms with van der Waals surface area (Å²) in [5.74, 6) is 0.205. The summed E-state index contributed by atoms with van der Waals surface area (Å²) in [6, 6.07) is 2.06. The molecule has 1 aromatic heterocycles. The number of rotatable bonds is 4. The fourth-order valence-corrected chi connectivity index (χ4v) is 2.76. The SMILES string of the molecule is CC(C)NCc1ccnc(N2CC(C)OC(C)(C)C2)c1F. The third kappa shape index (κ3) is 4.14. The van der Waals surface area contributed by atoms with Crippen LogP contribution in [0.15, 0.2) is 12.3 Å². The van der Waals surface area contributed by atoms with Crippen LogP contribution in [0, 0.1) is 5.82 Å². The van der Waals surface area contributed by atoms with Crippen LogP contribution in [-0.2, 0) is 11.3 Å².